The van der Waals surface area contributed by atoms with Crippen LogP contribution in [0.1, 0.15) is 18.4 Å². The summed E-state index contributed by atoms with van der Waals surface area (Å²) in [6, 6.07) is 5.49. The van der Waals surface area contributed by atoms with Gasteiger partial charge in [0.05, 0.1) is 12.0 Å². The van der Waals surface area contributed by atoms with Gasteiger partial charge in [-0.1, -0.05) is 0 Å². The van der Waals surface area contributed by atoms with Gasteiger partial charge in [0.2, 0.25) is 0 Å². The number of sulfone groups is 1. The third-order valence-corrected chi connectivity index (χ3v) is 4.42. The first kappa shape index (κ1) is 13.4. The van der Waals surface area contributed by atoms with Crippen LogP contribution >= 0.6 is 0 Å². The topological polar surface area (TPSA) is 55.4 Å². The molecule has 0 bridgehead atoms. The monoisotopic (exact) mass is 269 g/mol. The van der Waals surface area contributed by atoms with Gasteiger partial charge in [-0.3, -0.25) is 0 Å². The number of hydrogen-bond donors (Lipinski definition) is 1. The van der Waals surface area contributed by atoms with Crippen molar-refractivity contribution >= 4 is 9.84 Å². The molecular formula is C13H19NO3S. The van der Waals surface area contributed by atoms with Gasteiger partial charge < -0.3 is 10.1 Å². The maximum Gasteiger partial charge on any atom is 0.175 e. The number of ether oxygens (including phenoxy) is 1. The normalized spacial score (nSPS) is 20.0. The minimum atomic E-state index is -3.16. The summed E-state index contributed by atoms with van der Waals surface area (Å²) in [4.78, 5) is 0.358. The van der Waals surface area contributed by atoms with E-state index in [0.29, 0.717) is 10.9 Å². The summed E-state index contributed by atoms with van der Waals surface area (Å²) < 4.78 is 28.4. The zero-order chi connectivity index (χ0) is 13.2. The van der Waals surface area contributed by atoms with E-state index in [2.05, 4.69) is 5.32 Å². The van der Waals surface area contributed by atoms with Crippen molar-refractivity contribution in [3.63, 3.8) is 0 Å². The van der Waals surface area contributed by atoms with E-state index in [4.69, 9.17) is 4.74 Å². The first-order valence-electron chi connectivity index (χ1n) is 6.11. The quantitative estimate of drug-likeness (QED) is 0.897. The van der Waals surface area contributed by atoms with Gasteiger partial charge >= 0.3 is 0 Å². The molecule has 1 heterocycles. The van der Waals surface area contributed by atoms with Crippen LogP contribution in [0.3, 0.4) is 0 Å². The lowest BCUT2D eigenvalue weighted by molar-refractivity contribution is 0.406. The van der Waals surface area contributed by atoms with E-state index in [1.54, 1.807) is 25.3 Å². The van der Waals surface area contributed by atoms with Crippen molar-refractivity contribution in [3.05, 3.63) is 23.8 Å². The van der Waals surface area contributed by atoms with Crippen LogP contribution in [0.5, 0.6) is 5.75 Å². The summed E-state index contributed by atoms with van der Waals surface area (Å²) in [5.74, 6) is 0.760. The van der Waals surface area contributed by atoms with E-state index >= 15 is 0 Å². The average molecular weight is 269 g/mol. The molecular weight excluding hydrogens is 250 g/mol. The number of rotatable bonds is 4. The molecule has 1 aromatic carbocycles. The smallest absolute Gasteiger partial charge is 0.175 e. The SMILES string of the molecule is COc1ccc(S(C)(=O)=O)cc1CC1CCCN1. The van der Waals surface area contributed by atoms with E-state index < -0.39 is 9.84 Å². The Morgan fingerprint density at radius 1 is 1.44 bits per heavy atom. The Balaban J connectivity index is 2.30. The third-order valence-electron chi connectivity index (χ3n) is 3.31. The molecule has 1 saturated heterocycles. The van der Waals surface area contributed by atoms with Gasteiger partial charge in [0.1, 0.15) is 5.75 Å². The number of hydrogen-bond acceptors (Lipinski definition) is 4. The Bertz CT molecular complexity index is 519. The fraction of sp³-hybridized carbons (Fsp3) is 0.538. The Kier molecular flexibility index (Phi) is 3.92. The van der Waals surface area contributed by atoms with Crippen molar-refractivity contribution in [1.29, 1.82) is 0 Å². The summed E-state index contributed by atoms with van der Waals surface area (Å²) >= 11 is 0. The van der Waals surface area contributed by atoms with Crippen LogP contribution in [0.25, 0.3) is 0 Å². The molecule has 1 N–H and O–H groups in total. The molecule has 1 atom stereocenters. The molecule has 0 saturated carbocycles. The Hall–Kier alpha value is -1.07. The molecule has 4 nitrogen and oxygen atoms in total. The second-order valence-corrected chi connectivity index (χ2v) is 6.76. The fourth-order valence-electron chi connectivity index (χ4n) is 2.34. The van der Waals surface area contributed by atoms with Crippen LogP contribution in [-0.2, 0) is 16.3 Å². The Morgan fingerprint density at radius 2 is 2.22 bits per heavy atom. The zero-order valence-corrected chi connectivity index (χ0v) is 11.6. The highest BCUT2D eigenvalue weighted by molar-refractivity contribution is 7.90. The highest BCUT2D eigenvalue weighted by Gasteiger charge is 2.18. The third kappa shape index (κ3) is 3.03. The van der Waals surface area contributed by atoms with Gasteiger partial charge in [-0.2, -0.15) is 0 Å². The van der Waals surface area contributed by atoms with Crippen LogP contribution in [0.2, 0.25) is 0 Å². The average Bonchev–Trinajstić information content (AvgIpc) is 2.80. The lowest BCUT2D eigenvalue weighted by Crippen LogP contribution is -2.24. The van der Waals surface area contributed by atoms with E-state index in [1.165, 1.54) is 12.7 Å². The molecule has 0 amide bonds. The summed E-state index contributed by atoms with van der Waals surface area (Å²) in [7, 11) is -1.55. The van der Waals surface area contributed by atoms with Crippen molar-refractivity contribution in [2.24, 2.45) is 0 Å². The van der Waals surface area contributed by atoms with Crippen molar-refractivity contribution in [1.82, 2.24) is 5.32 Å². The number of benzene rings is 1. The summed E-state index contributed by atoms with van der Waals surface area (Å²) in [6.07, 6.45) is 4.35. The van der Waals surface area contributed by atoms with Gasteiger partial charge in [0, 0.05) is 12.3 Å². The van der Waals surface area contributed by atoms with E-state index in [0.717, 1.165) is 30.7 Å². The van der Waals surface area contributed by atoms with Gasteiger partial charge in [0.15, 0.2) is 9.84 Å². The van der Waals surface area contributed by atoms with Crippen LogP contribution in [0.15, 0.2) is 23.1 Å². The summed E-state index contributed by atoms with van der Waals surface area (Å²) in [6.45, 7) is 1.04. The first-order valence-corrected chi connectivity index (χ1v) is 8.00. The minimum absolute atomic E-state index is 0.358. The molecule has 100 valence electrons. The first-order chi connectivity index (χ1) is 8.50. The van der Waals surface area contributed by atoms with Crippen LogP contribution < -0.4 is 10.1 Å². The Morgan fingerprint density at radius 3 is 2.78 bits per heavy atom. The molecule has 1 unspecified atom stereocenters. The maximum atomic E-state index is 11.6. The molecule has 1 aliphatic heterocycles. The molecule has 0 radical (unpaired) electrons. The van der Waals surface area contributed by atoms with Crippen LogP contribution in [0.4, 0.5) is 0 Å². The van der Waals surface area contributed by atoms with E-state index in [9.17, 15) is 8.42 Å². The molecule has 2 rings (SSSR count). The highest BCUT2D eigenvalue weighted by Crippen LogP contribution is 2.25. The molecule has 0 spiro atoms. The molecule has 18 heavy (non-hydrogen) atoms. The molecule has 0 aromatic heterocycles. The number of nitrogens with one attached hydrogen (secondary N) is 1. The maximum absolute atomic E-state index is 11.6. The van der Waals surface area contributed by atoms with Crippen molar-refractivity contribution < 1.29 is 13.2 Å². The lowest BCUT2D eigenvalue weighted by atomic mass is 10.0. The predicted molar refractivity (Wildman–Crippen MR) is 70.8 cm³/mol. The fourth-order valence-corrected chi connectivity index (χ4v) is 3.01. The van der Waals surface area contributed by atoms with Crippen LogP contribution in [-0.4, -0.2) is 34.4 Å². The molecule has 1 aliphatic rings. The minimum Gasteiger partial charge on any atom is -0.496 e. The van der Waals surface area contributed by atoms with Gasteiger partial charge in [-0.15, -0.1) is 0 Å². The Labute approximate surface area is 108 Å². The van der Waals surface area contributed by atoms with Crippen LogP contribution in [0, 0.1) is 0 Å². The second-order valence-electron chi connectivity index (χ2n) is 4.74. The highest BCUT2D eigenvalue weighted by atomic mass is 32.2. The summed E-state index contributed by atoms with van der Waals surface area (Å²) in [5.41, 5.74) is 0.958. The van der Waals surface area contributed by atoms with Gasteiger partial charge in [-0.05, 0) is 49.6 Å². The number of methoxy groups -OCH3 is 1. The predicted octanol–water partition coefficient (Wildman–Crippen LogP) is 1.39. The zero-order valence-electron chi connectivity index (χ0n) is 10.8. The largest absolute Gasteiger partial charge is 0.496 e. The van der Waals surface area contributed by atoms with E-state index in [1.807, 2.05) is 0 Å². The van der Waals surface area contributed by atoms with Crippen molar-refractivity contribution in [2.45, 2.75) is 30.2 Å². The van der Waals surface area contributed by atoms with Gasteiger partial charge in [-0.25, -0.2) is 8.42 Å². The van der Waals surface area contributed by atoms with Crippen molar-refractivity contribution in [3.8, 4) is 5.75 Å². The van der Waals surface area contributed by atoms with Gasteiger partial charge in [0.25, 0.3) is 0 Å². The molecule has 1 fully saturated rings. The van der Waals surface area contributed by atoms with E-state index in [-0.39, 0.29) is 0 Å². The molecule has 0 aliphatic carbocycles. The lowest BCUT2D eigenvalue weighted by Gasteiger charge is -2.14. The van der Waals surface area contributed by atoms with Crippen molar-refractivity contribution in [2.75, 3.05) is 19.9 Å². The summed E-state index contributed by atoms with van der Waals surface area (Å²) in [5, 5.41) is 3.41. The molecule has 5 heteroatoms. The second kappa shape index (κ2) is 5.28. The standard InChI is InChI=1S/C13H19NO3S/c1-17-13-6-5-12(18(2,15)16)9-10(13)8-11-4-3-7-14-11/h5-6,9,11,14H,3-4,7-8H2,1-2H3. The molecule has 1 aromatic rings.